The van der Waals surface area contributed by atoms with E-state index in [0.717, 1.165) is 43.6 Å². The van der Waals surface area contributed by atoms with Gasteiger partial charge in [0.25, 0.3) is 0 Å². The zero-order chi connectivity index (χ0) is 18.4. The van der Waals surface area contributed by atoms with Crippen LogP contribution in [0.3, 0.4) is 0 Å². The fraction of sp³-hybridized carbons (Fsp3) is 0.381. The zero-order valence-corrected chi connectivity index (χ0v) is 17.3. The molecular weight excluding hydrogens is 403 g/mol. The monoisotopic (exact) mass is 424 g/mol. The quantitative estimate of drug-likeness (QED) is 0.590. The van der Waals surface area contributed by atoms with Crippen molar-refractivity contribution in [2.75, 3.05) is 26.2 Å². The van der Waals surface area contributed by atoms with Crippen LogP contribution in [0.15, 0.2) is 48.5 Å². The van der Waals surface area contributed by atoms with Crippen molar-refractivity contribution in [3.63, 3.8) is 0 Å². The highest BCUT2D eigenvalue weighted by molar-refractivity contribution is 6.30. The van der Waals surface area contributed by atoms with E-state index in [0.29, 0.717) is 16.7 Å². The van der Waals surface area contributed by atoms with Gasteiger partial charge in [0.2, 0.25) is 0 Å². The summed E-state index contributed by atoms with van der Waals surface area (Å²) in [5.74, 6) is 0.145. The summed E-state index contributed by atoms with van der Waals surface area (Å²) in [6.45, 7) is 3.31. The Balaban J connectivity index is 0.00000261. The lowest BCUT2D eigenvalue weighted by atomic mass is 10.00. The fourth-order valence-electron chi connectivity index (χ4n) is 3.32. The summed E-state index contributed by atoms with van der Waals surface area (Å²) in [5, 5.41) is 10.6. The van der Waals surface area contributed by atoms with E-state index in [9.17, 15) is 0 Å². The van der Waals surface area contributed by atoms with Gasteiger partial charge in [-0.25, -0.2) is 0 Å². The van der Waals surface area contributed by atoms with Gasteiger partial charge in [0.1, 0.15) is 6.10 Å². The van der Waals surface area contributed by atoms with Crippen LogP contribution < -0.4 is 0 Å². The molecule has 0 aliphatic carbocycles. The lowest BCUT2D eigenvalue weighted by Gasteiger charge is -2.30. The SMILES string of the molecule is Cl.N#CC1CCCN(CCOC(c2ccc(Cl)cc2)c2ccc(Cl)cc2)C1. The molecule has 1 heterocycles. The van der Waals surface area contributed by atoms with E-state index in [1.807, 2.05) is 48.5 Å². The van der Waals surface area contributed by atoms with Gasteiger partial charge >= 0.3 is 0 Å². The maximum Gasteiger partial charge on any atom is 0.108 e. The molecule has 144 valence electrons. The van der Waals surface area contributed by atoms with Crippen molar-refractivity contribution < 1.29 is 4.74 Å². The molecule has 1 saturated heterocycles. The molecule has 0 saturated carbocycles. The number of likely N-dealkylation sites (tertiary alicyclic amines) is 1. The van der Waals surface area contributed by atoms with E-state index < -0.39 is 0 Å². The minimum atomic E-state index is -0.166. The number of nitriles is 1. The number of hydrogen-bond acceptors (Lipinski definition) is 3. The van der Waals surface area contributed by atoms with Crippen molar-refractivity contribution in [1.82, 2.24) is 4.90 Å². The molecule has 6 heteroatoms. The van der Waals surface area contributed by atoms with Crippen LogP contribution >= 0.6 is 35.6 Å². The number of piperidine rings is 1. The zero-order valence-electron chi connectivity index (χ0n) is 15.0. The van der Waals surface area contributed by atoms with Crippen LogP contribution in [0.4, 0.5) is 0 Å². The summed E-state index contributed by atoms with van der Waals surface area (Å²) in [6.07, 6.45) is 1.92. The number of rotatable bonds is 6. The van der Waals surface area contributed by atoms with Crippen molar-refractivity contribution in [2.24, 2.45) is 5.92 Å². The average Bonchev–Trinajstić information content (AvgIpc) is 2.67. The summed E-state index contributed by atoms with van der Waals surface area (Å²) in [4.78, 5) is 2.32. The molecule has 0 aromatic heterocycles. The van der Waals surface area contributed by atoms with Gasteiger partial charge in [-0.3, -0.25) is 4.90 Å². The largest absolute Gasteiger partial charge is 0.367 e. The summed E-state index contributed by atoms with van der Waals surface area (Å²) >= 11 is 12.1. The van der Waals surface area contributed by atoms with Gasteiger partial charge in [-0.1, -0.05) is 47.5 Å². The van der Waals surface area contributed by atoms with Crippen LogP contribution in [-0.4, -0.2) is 31.1 Å². The molecule has 1 aliphatic rings. The van der Waals surface area contributed by atoms with Gasteiger partial charge in [0.15, 0.2) is 0 Å². The van der Waals surface area contributed by atoms with E-state index in [1.54, 1.807) is 0 Å². The van der Waals surface area contributed by atoms with Crippen molar-refractivity contribution in [1.29, 1.82) is 5.26 Å². The summed E-state index contributed by atoms with van der Waals surface area (Å²) in [7, 11) is 0. The molecule has 27 heavy (non-hydrogen) atoms. The predicted octanol–water partition coefficient (Wildman–Crippen LogP) is 5.76. The Labute approximate surface area is 177 Å². The van der Waals surface area contributed by atoms with Crippen LogP contribution in [-0.2, 0) is 4.74 Å². The van der Waals surface area contributed by atoms with Gasteiger partial charge < -0.3 is 4.74 Å². The number of nitrogens with zero attached hydrogens (tertiary/aromatic N) is 2. The molecule has 1 fully saturated rings. The van der Waals surface area contributed by atoms with Gasteiger partial charge in [0.05, 0.1) is 18.6 Å². The first kappa shape index (κ1) is 22.0. The molecule has 0 amide bonds. The molecule has 0 bridgehead atoms. The second-order valence-electron chi connectivity index (χ2n) is 6.62. The lowest BCUT2D eigenvalue weighted by Crippen LogP contribution is -2.37. The number of ether oxygens (including phenoxy) is 1. The number of halogens is 3. The minimum Gasteiger partial charge on any atom is -0.367 e. The first-order valence-electron chi connectivity index (χ1n) is 8.90. The normalized spacial score (nSPS) is 17.3. The van der Waals surface area contributed by atoms with Crippen LogP contribution in [0.2, 0.25) is 10.0 Å². The van der Waals surface area contributed by atoms with E-state index in [2.05, 4.69) is 11.0 Å². The molecule has 1 aliphatic heterocycles. The molecule has 0 radical (unpaired) electrons. The molecule has 1 atom stereocenters. The Morgan fingerprint density at radius 2 is 1.59 bits per heavy atom. The van der Waals surface area contributed by atoms with Crippen LogP contribution in [0.5, 0.6) is 0 Å². The van der Waals surface area contributed by atoms with Crippen molar-refractivity contribution in [3.05, 3.63) is 69.7 Å². The van der Waals surface area contributed by atoms with E-state index in [-0.39, 0.29) is 24.4 Å². The average molecular weight is 426 g/mol. The maximum absolute atomic E-state index is 9.14. The highest BCUT2D eigenvalue weighted by Crippen LogP contribution is 2.28. The van der Waals surface area contributed by atoms with Crippen LogP contribution in [0, 0.1) is 17.2 Å². The lowest BCUT2D eigenvalue weighted by molar-refractivity contribution is 0.0525. The first-order valence-corrected chi connectivity index (χ1v) is 9.66. The minimum absolute atomic E-state index is 0. The molecule has 3 nitrogen and oxygen atoms in total. The highest BCUT2D eigenvalue weighted by atomic mass is 35.5. The topological polar surface area (TPSA) is 36.3 Å². The fourth-order valence-corrected chi connectivity index (χ4v) is 3.58. The third-order valence-corrected chi connectivity index (χ3v) is 5.23. The van der Waals surface area contributed by atoms with Crippen molar-refractivity contribution in [2.45, 2.75) is 18.9 Å². The Morgan fingerprint density at radius 1 is 1.04 bits per heavy atom. The van der Waals surface area contributed by atoms with Gasteiger partial charge in [0, 0.05) is 23.1 Å². The molecule has 0 N–H and O–H groups in total. The molecule has 2 aromatic rings. The third kappa shape index (κ3) is 6.38. The Bertz CT molecular complexity index is 698. The standard InChI is InChI=1S/C21H22Cl2N2O.ClH/c22-19-7-3-17(4-8-19)21(18-5-9-20(23)10-6-18)26-13-12-25-11-1-2-16(14-24)15-25;/h3-10,16,21H,1-2,11-13,15H2;1H. The summed E-state index contributed by atoms with van der Waals surface area (Å²) < 4.78 is 6.25. The van der Waals surface area contributed by atoms with Gasteiger partial charge in [-0.2, -0.15) is 5.26 Å². The molecule has 3 rings (SSSR count). The van der Waals surface area contributed by atoms with Gasteiger partial charge in [-0.15, -0.1) is 12.4 Å². The van der Waals surface area contributed by atoms with Crippen LogP contribution in [0.1, 0.15) is 30.1 Å². The number of benzene rings is 2. The molecular formula is C21H23Cl3N2O. The maximum atomic E-state index is 9.14. The Morgan fingerprint density at radius 3 is 2.11 bits per heavy atom. The van der Waals surface area contributed by atoms with E-state index >= 15 is 0 Å². The Kier molecular flexibility index (Phi) is 8.89. The second-order valence-corrected chi connectivity index (χ2v) is 7.50. The Hall–Kier alpha value is -1.28. The van der Waals surface area contributed by atoms with Crippen molar-refractivity contribution in [3.8, 4) is 6.07 Å². The number of hydrogen-bond donors (Lipinski definition) is 0. The van der Waals surface area contributed by atoms with E-state index in [4.69, 9.17) is 33.2 Å². The third-order valence-electron chi connectivity index (χ3n) is 4.73. The molecule has 2 aromatic carbocycles. The first-order chi connectivity index (χ1) is 12.7. The van der Waals surface area contributed by atoms with Gasteiger partial charge in [-0.05, 0) is 54.8 Å². The van der Waals surface area contributed by atoms with E-state index in [1.165, 1.54) is 0 Å². The highest BCUT2D eigenvalue weighted by Gasteiger charge is 2.20. The predicted molar refractivity (Wildman–Crippen MR) is 113 cm³/mol. The van der Waals surface area contributed by atoms with Crippen molar-refractivity contribution >= 4 is 35.6 Å². The molecule has 0 spiro atoms. The smallest absolute Gasteiger partial charge is 0.108 e. The second kappa shape index (κ2) is 10.9. The molecule has 1 unspecified atom stereocenters. The summed E-state index contributed by atoms with van der Waals surface area (Å²) in [6, 6.07) is 17.9. The summed E-state index contributed by atoms with van der Waals surface area (Å²) in [5.41, 5.74) is 2.12. The van der Waals surface area contributed by atoms with Crippen LogP contribution in [0.25, 0.3) is 0 Å².